The van der Waals surface area contributed by atoms with Crippen molar-refractivity contribution in [2.75, 3.05) is 11.9 Å². The zero-order valence-electron chi connectivity index (χ0n) is 11.8. The van der Waals surface area contributed by atoms with Crippen molar-refractivity contribution in [3.63, 3.8) is 0 Å². The number of nitrogens with one attached hydrogen (secondary N) is 2. The van der Waals surface area contributed by atoms with E-state index in [1.165, 1.54) is 5.56 Å². The minimum atomic E-state index is -0.834. The molecule has 0 spiro atoms. The Balaban J connectivity index is 1.84. The number of carbonyl (C=O) groups is 2. The van der Waals surface area contributed by atoms with Gasteiger partial charge >= 0.3 is 12.0 Å². The molecule has 108 valence electrons. The second-order valence-electron chi connectivity index (χ2n) is 5.67. The van der Waals surface area contributed by atoms with Gasteiger partial charge in [-0.15, -0.1) is 0 Å². The lowest BCUT2D eigenvalue weighted by Crippen LogP contribution is -2.36. The van der Waals surface area contributed by atoms with E-state index in [0.717, 1.165) is 0 Å². The molecule has 5 heteroatoms. The van der Waals surface area contributed by atoms with Gasteiger partial charge in [0.15, 0.2) is 0 Å². The number of carboxylic acids is 1. The van der Waals surface area contributed by atoms with Gasteiger partial charge in [0.25, 0.3) is 0 Å². The Bertz CT molecular complexity index is 504. The fourth-order valence-corrected chi connectivity index (χ4v) is 1.99. The first-order valence-corrected chi connectivity index (χ1v) is 6.81. The first kappa shape index (κ1) is 14.4. The van der Waals surface area contributed by atoms with Crippen LogP contribution in [0, 0.1) is 5.41 Å². The van der Waals surface area contributed by atoms with E-state index in [1.54, 1.807) is 0 Å². The highest BCUT2D eigenvalue weighted by Gasteiger charge is 2.50. The van der Waals surface area contributed by atoms with Crippen LogP contribution in [0.5, 0.6) is 0 Å². The summed E-state index contributed by atoms with van der Waals surface area (Å²) in [7, 11) is 0. The molecule has 1 aliphatic rings. The second kappa shape index (κ2) is 5.53. The van der Waals surface area contributed by atoms with Crippen molar-refractivity contribution in [2.45, 2.75) is 32.6 Å². The normalized spacial score (nSPS) is 15.8. The van der Waals surface area contributed by atoms with Crippen LogP contribution >= 0.6 is 0 Å². The summed E-state index contributed by atoms with van der Waals surface area (Å²) < 4.78 is 0. The van der Waals surface area contributed by atoms with Crippen molar-refractivity contribution in [3.05, 3.63) is 29.8 Å². The van der Waals surface area contributed by atoms with Gasteiger partial charge in [0.1, 0.15) is 0 Å². The van der Waals surface area contributed by atoms with Crippen molar-refractivity contribution >= 4 is 17.7 Å². The van der Waals surface area contributed by atoms with Crippen LogP contribution in [0.25, 0.3) is 0 Å². The fraction of sp³-hybridized carbons (Fsp3) is 0.467. The van der Waals surface area contributed by atoms with Crippen LogP contribution in [0.3, 0.4) is 0 Å². The molecule has 3 N–H and O–H groups in total. The first-order valence-electron chi connectivity index (χ1n) is 6.81. The smallest absolute Gasteiger partial charge is 0.319 e. The van der Waals surface area contributed by atoms with Crippen molar-refractivity contribution < 1.29 is 14.7 Å². The third kappa shape index (κ3) is 3.29. The van der Waals surface area contributed by atoms with E-state index in [1.807, 2.05) is 24.3 Å². The molecule has 2 rings (SSSR count). The lowest BCUT2D eigenvalue weighted by molar-refractivity contribution is -0.143. The number of urea groups is 1. The second-order valence-corrected chi connectivity index (χ2v) is 5.67. The standard InChI is InChI=1S/C15H20N2O3/c1-10(2)11-3-5-12(6-4-11)17-14(20)16-9-15(7-8-15)13(18)19/h3-6,10H,7-9H2,1-2H3,(H,18,19)(H2,16,17,20). The maximum absolute atomic E-state index is 11.7. The zero-order valence-corrected chi connectivity index (χ0v) is 11.8. The molecule has 0 unspecified atom stereocenters. The van der Waals surface area contributed by atoms with Gasteiger partial charge in [0, 0.05) is 12.2 Å². The Morgan fingerprint density at radius 1 is 1.25 bits per heavy atom. The van der Waals surface area contributed by atoms with E-state index in [-0.39, 0.29) is 12.6 Å². The summed E-state index contributed by atoms with van der Waals surface area (Å²) >= 11 is 0. The van der Waals surface area contributed by atoms with Crippen molar-refractivity contribution in [1.82, 2.24) is 5.32 Å². The largest absolute Gasteiger partial charge is 0.481 e. The molecule has 0 radical (unpaired) electrons. The zero-order chi connectivity index (χ0) is 14.8. The van der Waals surface area contributed by atoms with E-state index >= 15 is 0 Å². The van der Waals surface area contributed by atoms with Gasteiger partial charge in [-0.05, 0) is 36.5 Å². The van der Waals surface area contributed by atoms with Crippen LogP contribution in [-0.4, -0.2) is 23.7 Å². The predicted octanol–water partition coefficient (Wildman–Crippen LogP) is 2.80. The summed E-state index contributed by atoms with van der Waals surface area (Å²) in [5, 5.41) is 14.3. The Morgan fingerprint density at radius 3 is 2.30 bits per heavy atom. The van der Waals surface area contributed by atoms with E-state index in [0.29, 0.717) is 24.4 Å². The maximum Gasteiger partial charge on any atom is 0.319 e. The summed E-state index contributed by atoms with van der Waals surface area (Å²) in [4.78, 5) is 22.7. The van der Waals surface area contributed by atoms with Gasteiger partial charge < -0.3 is 15.7 Å². The Kier molecular flexibility index (Phi) is 3.97. The monoisotopic (exact) mass is 276 g/mol. The van der Waals surface area contributed by atoms with Gasteiger partial charge in [0.2, 0.25) is 0 Å². The van der Waals surface area contributed by atoms with E-state index in [9.17, 15) is 9.59 Å². The maximum atomic E-state index is 11.7. The van der Waals surface area contributed by atoms with Crippen molar-refractivity contribution in [2.24, 2.45) is 5.41 Å². The molecule has 1 fully saturated rings. The molecule has 20 heavy (non-hydrogen) atoms. The number of hydrogen-bond donors (Lipinski definition) is 3. The van der Waals surface area contributed by atoms with E-state index in [4.69, 9.17) is 5.11 Å². The molecule has 2 amide bonds. The molecule has 0 heterocycles. The SMILES string of the molecule is CC(C)c1ccc(NC(=O)NCC2(C(=O)O)CC2)cc1. The Labute approximate surface area is 118 Å². The number of carboxylic acid groups (broad SMARTS) is 1. The van der Waals surface area contributed by atoms with Crippen molar-refractivity contribution in [1.29, 1.82) is 0 Å². The number of hydrogen-bond acceptors (Lipinski definition) is 2. The molecule has 0 saturated heterocycles. The lowest BCUT2D eigenvalue weighted by atomic mass is 10.0. The van der Waals surface area contributed by atoms with Gasteiger partial charge in [-0.3, -0.25) is 4.79 Å². The molecule has 1 saturated carbocycles. The quantitative estimate of drug-likeness (QED) is 0.773. The number of carbonyl (C=O) groups excluding carboxylic acids is 1. The Morgan fingerprint density at radius 2 is 1.85 bits per heavy atom. The van der Waals surface area contributed by atoms with Crippen LogP contribution < -0.4 is 10.6 Å². The molecule has 0 aliphatic heterocycles. The summed E-state index contributed by atoms with van der Waals surface area (Å²) in [6.07, 6.45) is 1.26. The van der Waals surface area contributed by atoms with Crippen LogP contribution in [0.2, 0.25) is 0 Å². The predicted molar refractivity (Wildman–Crippen MR) is 76.9 cm³/mol. The van der Waals surface area contributed by atoms with Crippen LogP contribution in [0.15, 0.2) is 24.3 Å². The summed E-state index contributed by atoms with van der Waals surface area (Å²) in [5.74, 6) is -0.387. The number of rotatable bonds is 5. The third-order valence-corrected chi connectivity index (χ3v) is 3.73. The summed E-state index contributed by atoms with van der Waals surface area (Å²) in [5.41, 5.74) is 1.17. The molecular weight excluding hydrogens is 256 g/mol. The minimum Gasteiger partial charge on any atom is -0.481 e. The van der Waals surface area contributed by atoms with Gasteiger partial charge in [0.05, 0.1) is 5.41 Å². The van der Waals surface area contributed by atoms with E-state index < -0.39 is 11.4 Å². The molecule has 1 aromatic rings. The van der Waals surface area contributed by atoms with Crippen molar-refractivity contribution in [3.8, 4) is 0 Å². The highest BCUT2D eigenvalue weighted by Crippen LogP contribution is 2.45. The highest BCUT2D eigenvalue weighted by molar-refractivity contribution is 5.90. The minimum absolute atomic E-state index is 0.179. The van der Waals surface area contributed by atoms with Gasteiger partial charge in [-0.2, -0.15) is 0 Å². The average molecular weight is 276 g/mol. The molecule has 1 aromatic carbocycles. The summed E-state index contributed by atoms with van der Waals surface area (Å²) in [6.45, 7) is 4.39. The van der Waals surface area contributed by atoms with Gasteiger partial charge in [-0.1, -0.05) is 26.0 Å². The average Bonchev–Trinajstić information content (AvgIpc) is 3.18. The first-order chi connectivity index (χ1) is 9.43. The molecular formula is C15H20N2O3. The molecule has 0 atom stereocenters. The number of aliphatic carboxylic acids is 1. The van der Waals surface area contributed by atoms with Crippen LogP contribution in [0.4, 0.5) is 10.5 Å². The van der Waals surface area contributed by atoms with Gasteiger partial charge in [-0.25, -0.2) is 4.79 Å². The number of benzene rings is 1. The van der Waals surface area contributed by atoms with Crippen LogP contribution in [-0.2, 0) is 4.79 Å². The third-order valence-electron chi connectivity index (χ3n) is 3.73. The lowest BCUT2D eigenvalue weighted by Gasteiger charge is -2.12. The van der Waals surface area contributed by atoms with E-state index in [2.05, 4.69) is 24.5 Å². The Hall–Kier alpha value is -2.04. The topological polar surface area (TPSA) is 78.4 Å². The number of amides is 2. The molecule has 0 aromatic heterocycles. The number of anilines is 1. The molecule has 5 nitrogen and oxygen atoms in total. The van der Waals surface area contributed by atoms with Crippen LogP contribution in [0.1, 0.15) is 38.2 Å². The molecule has 0 bridgehead atoms. The fourth-order valence-electron chi connectivity index (χ4n) is 1.99. The molecule has 1 aliphatic carbocycles. The summed E-state index contributed by atoms with van der Waals surface area (Å²) in [6, 6.07) is 7.27. The highest BCUT2D eigenvalue weighted by atomic mass is 16.4.